The molecule has 0 unspecified atom stereocenters. The van der Waals surface area contributed by atoms with Gasteiger partial charge >= 0.3 is 11.7 Å². The molecule has 184 valence electrons. The van der Waals surface area contributed by atoms with Crippen LogP contribution in [-0.2, 0) is 23.6 Å². The van der Waals surface area contributed by atoms with Gasteiger partial charge in [-0.15, -0.1) is 0 Å². The van der Waals surface area contributed by atoms with E-state index in [1.165, 1.54) is 20.2 Å². The summed E-state index contributed by atoms with van der Waals surface area (Å²) < 4.78 is 14.1. The molecule has 1 aromatic carbocycles. The minimum atomic E-state index is -0.862. The number of ketones is 1. The van der Waals surface area contributed by atoms with Crippen molar-refractivity contribution < 1.29 is 18.7 Å². The second-order valence-corrected chi connectivity index (χ2v) is 7.95. The van der Waals surface area contributed by atoms with Crippen LogP contribution in [0.15, 0.2) is 68.7 Å². The van der Waals surface area contributed by atoms with E-state index in [4.69, 9.17) is 14.9 Å². The summed E-state index contributed by atoms with van der Waals surface area (Å²) in [6.45, 7) is 1.08. The second kappa shape index (κ2) is 9.74. The van der Waals surface area contributed by atoms with Gasteiger partial charge < -0.3 is 14.9 Å². The first-order valence-electron chi connectivity index (χ1n) is 10.8. The second-order valence-electron chi connectivity index (χ2n) is 7.95. The summed E-state index contributed by atoms with van der Waals surface area (Å²) >= 11 is 0. The number of ether oxygens (including phenoxy) is 1. The number of benzene rings is 1. The maximum atomic E-state index is 12.5. The molecule has 0 amide bonds. The van der Waals surface area contributed by atoms with E-state index in [-0.39, 0.29) is 5.82 Å². The predicted octanol–water partition coefficient (Wildman–Crippen LogP) is 1.86. The number of aryl methyl sites for hydroxylation is 1. The van der Waals surface area contributed by atoms with Gasteiger partial charge in [0.05, 0.1) is 5.69 Å². The molecule has 0 bridgehead atoms. The highest BCUT2D eigenvalue weighted by Gasteiger charge is 2.21. The number of furan rings is 1. The van der Waals surface area contributed by atoms with E-state index in [0.29, 0.717) is 22.8 Å². The lowest BCUT2D eigenvalue weighted by Gasteiger charge is -2.10. The first-order chi connectivity index (χ1) is 17.2. The normalized spacial score (nSPS) is 11.2. The van der Waals surface area contributed by atoms with Crippen molar-refractivity contribution in [1.29, 1.82) is 0 Å². The summed E-state index contributed by atoms with van der Waals surface area (Å²) in [5.74, 6) is -0.722. The average molecular weight is 489 g/mol. The van der Waals surface area contributed by atoms with Gasteiger partial charge in [0, 0.05) is 31.9 Å². The molecule has 0 radical (unpaired) electrons. The highest BCUT2D eigenvalue weighted by Crippen LogP contribution is 2.26. The van der Waals surface area contributed by atoms with Gasteiger partial charge in [-0.3, -0.25) is 18.7 Å². The number of carbonyl (C=O) groups excluding carboxylic acids is 2. The monoisotopic (exact) mass is 489 g/mol. The van der Waals surface area contributed by atoms with Crippen LogP contribution in [0.25, 0.3) is 23.2 Å². The van der Waals surface area contributed by atoms with E-state index in [1.807, 2.05) is 37.3 Å². The third-order valence-corrected chi connectivity index (χ3v) is 5.47. The summed E-state index contributed by atoms with van der Waals surface area (Å²) in [5, 5.41) is 4.59. The molecular formula is C25H23N5O6. The Bertz CT molecular complexity index is 1600. The number of para-hydroxylation sites is 1. The van der Waals surface area contributed by atoms with Gasteiger partial charge in [0.15, 0.2) is 12.4 Å². The Balaban J connectivity index is 1.55. The molecule has 0 fully saturated rings. The van der Waals surface area contributed by atoms with Crippen LogP contribution < -0.4 is 17.0 Å². The topological polar surface area (TPSA) is 144 Å². The first-order valence-corrected chi connectivity index (χ1v) is 10.8. The zero-order valence-electron chi connectivity index (χ0n) is 19.8. The van der Waals surface area contributed by atoms with Crippen LogP contribution >= 0.6 is 0 Å². The Hall–Kier alpha value is -4.93. The number of esters is 1. The fraction of sp³-hybridized carbons (Fsp3) is 0.160. The quantitative estimate of drug-likeness (QED) is 0.235. The summed E-state index contributed by atoms with van der Waals surface area (Å²) in [6, 6.07) is 13.0. The number of hydrogen-bond donors (Lipinski definition) is 1. The van der Waals surface area contributed by atoms with E-state index in [9.17, 15) is 19.2 Å². The molecule has 36 heavy (non-hydrogen) atoms. The number of anilines is 1. The smallest absolute Gasteiger partial charge is 0.332 e. The molecular weight excluding hydrogens is 466 g/mol. The van der Waals surface area contributed by atoms with Crippen LogP contribution in [0, 0.1) is 6.92 Å². The van der Waals surface area contributed by atoms with Crippen LogP contribution in [0.1, 0.15) is 21.7 Å². The molecule has 0 atom stereocenters. The summed E-state index contributed by atoms with van der Waals surface area (Å²) in [5.41, 5.74) is 5.72. The van der Waals surface area contributed by atoms with E-state index in [0.717, 1.165) is 20.9 Å². The lowest BCUT2D eigenvalue weighted by atomic mass is 10.2. The third-order valence-electron chi connectivity index (χ3n) is 5.47. The molecule has 0 aliphatic carbocycles. The van der Waals surface area contributed by atoms with Crippen molar-refractivity contribution in [3.8, 4) is 17.1 Å². The number of hydrogen-bond acceptors (Lipinski definition) is 8. The molecule has 11 heteroatoms. The van der Waals surface area contributed by atoms with E-state index < -0.39 is 35.2 Å². The maximum absolute atomic E-state index is 12.5. The molecule has 0 spiro atoms. The molecule has 4 aromatic rings. The third kappa shape index (κ3) is 4.67. The summed E-state index contributed by atoms with van der Waals surface area (Å²) in [4.78, 5) is 49.2. The first kappa shape index (κ1) is 24.2. The highest BCUT2D eigenvalue weighted by atomic mass is 16.5. The standard InChI is InChI=1S/C25H23N5O6/c1-15-9-11-19(36-15)22-16(13-30(27-22)17-7-5-4-6-8-17)10-12-20(32)35-14-18(31)21-23(26)28(2)25(34)29(3)24(21)33/h4-13H,14,26H2,1-3H3. The van der Waals surface area contributed by atoms with Crippen LogP contribution in [0.5, 0.6) is 0 Å². The average Bonchev–Trinajstić information content (AvgIpc) is 3.50. The number of aromatic nitrogens is 4. The zero-order chi connectivity index (χ0) is 26.0. The minimum Gasteiger partial charge on any atom is -0.460 e. The van der Waals surface area contributed by atoms with Crippen molar-refractivity contribution >= 4 is 23.6 Å². The Labute approximate surface area is 204 Å². The van der Waals surface area contributed by atoms with Gasteiger partial charge in [0.2, 0.25) is 5.78 Å². The van der Waals surface area contributed by atoms with Gasteiger partial charge in [0.25, 0.3) is 5.56 Å². The molecule has 0 aliphatic heterocycles. The molecule has 3 heterocycles. The van der Waals surface area contributed by atoms with Crippen molar-refractivity contribution in [2.24, 2.45) is 14.1 Å². The van der Waals surface area contributed by atoms with Crippen LogP contribution in [-0.4, -0.2) is 37.3 Å². The van der Waals surface area contributed by atoms with Gasteiger partial charge in [-0.2, -0.15) is 5.10 Å². The van der Waals surface area contributed by atoms with E-state index in [2.05, 4.69) is 5.10 Å². The number of carbonyl (C=O) groups is 2. The van der Waals surface area contributed by atoms with Gasteiger partial charge in [-0.1, -0.05) is 18.2 Å². The Kier molecular flexibility index (Phi) is 6.55. The lowest BCUT2D eigenvalue weighted by molar-refractivity contribution is -0.136. The largest absolute Gasteiger partial charge is 0.460 e. The SMILES string of the molecule is Cc1ccc(-c2nn(-c3ccccc3)cc2C=CC(=O)OCC(=O)c2c(N)n(C)c(=O)n(C)c2=O)o1. The lowest BCUT2D eigenvalue weighted by Crippen LogP contribution is -2.42. The Morgan fingerprint density at radius 2 is 1.81 bits per heavy atom. The van der Waals surface area contributed by atoms with Crippen LogP contribution in [0.3, 0.4) is 0 Å². The van der Waals surface area contributed by atoms with Crippen molar-refractivity contribution in [3.63, 3.8) is 0 Å². The van der Waals surface area contributed by atoms with E-state index in [1.54, 1.807) is 23.0 Å². The Morgan fingerprint density at radius 1 is 1.08 bits per heavy atom. The summed E-state index contributed by atoms with van der Waals surface area (Å²) in [6.07, 6.45) is 4.36. The maximum Gasteiger partial charge on any atom is 0.332 e. The number of nitrogen functional groups attached to an aromatic ring is 1. The van der Waals surface area contributed by atoms with Crippen LogP contribution in [0.2, 0.25) is 0 Å². The van der Waals surface area contributed by atoms with Gasteiger partial charge in [0.1, 0.15) is 22.8 Å². The number of nitrogens with zero attached hydrogens (tertiary/aromatic N) is 4. The van der Waals surface area contributed by atoms with Crippen molar-refractivity contribution in [3.05, 3.63) is 92.5 Å². The molecule has 0 aliphatic rings. The van der Waals surface area contributed by atoms with Gasteiger partial charge in [-0.25, -0.2) is 14.3 Å². The van der Waals surface area contributed by atoms with Crippen molar-refractivity contribution in [1.82, 2.24) is 18.9 Å². The zero-order valence-corrected chi connectivity index (χ0v) is 19.8. The molecule has 3 aromatic heterocycles. The number of nitrogens with two attached hydrogens (primary N) is 1. The molecule has 2 N–H and O–H groups in total. The van der Waals surface area contributed by atoms with E-state index >= 15 is 0 Å². The van der Waals surface area contributed by atoms with Gasteiger partial charge in [-0.05, 0) is 37.3 Å². The predicted molar refractivity (Wildman–Crippen MR) is 132 cm³/mol. The number of Topliss-reactive ketones (excluding diaryl/α,β-unsaturated/α-hetero) is 1. The molecule has 11 nitrogen and oxygen atoms in total. The molecule has 0 saturated heterocycles. The fourth-order valence-corrected chi connectivity index (χ4v) is 3.51. The van der Waals surface area contributed by atoms with Crippen molar-refractivity contribution in [2.75, 3.05) is 12.3 Å². The molecule has 0 saturated carbocycles. The fourth-order valence-electron chi connectivity index (χ4n) is 3.51. The van der Waals surface area contributed by atoms with Crippen LogP contribution in [0.4, 0.5) is 5.82 Å². The number of rotatable bonds is 7. The van der Waals surface area contributed by atoms with Crippen molar-refractivity contribution in [2.45, 2.75) is 6.92 Å². The highest BCUT2D eigenvalue weighted by molar-refractivity contribution is 6.02. The molecule has 4 rings (SSSR count). The Morgan fingerprint density at radius 3 is 2.47 bits per heavy atom. The summed E-state index contributed by atoms with van der Waals surface area (Å²) in [7, 11) is 2.56. The minimum absolute atomic E-state index is 0.300.